The second-order valence-corrected chi connectivity index (χ2v) is 6.44. The average molecular weight is 436 g/mol. The first-order valence-corrected chi connectivity index (χ1v) is 9.13. The maximum atomic E-state index is 12.1. The van der Waals surface area contributed by atoms with Gasteiger partial charge in [0.1, 0.15) is 0 Å². The van der Waals surface area contributed by atoms with E-state index in [0.29, 0.717) is 5.82 Å². The predicted octanol–water partition coefficient (Wildman–Crippen LogP) is 3.56. The number of carbonyl (C=O) groups excluding carboxylic acids is 1. The molecule has 0 fully saturated rings. The Hall–Kier alpha value is -2.38. The number of aryl methyl sites for hydroxylation is 1. The van der Waals surface area contributed by atoms with Crippen molar-refractivity contribution in [3.8, 4) is 16.9 Å². The average Bonchev–Trinajstić information content (AvgIpc) is 3.12. The summed E-state index contributed by atoms with van der Waals surface area (Å²) in [5, 5.41) is 7.33. The van der Waals surface area contributed by atoms with Crippen molar-refractivity contribution in [3.05, 3.63) is 66.2 Å². The third-order valence-corrected chi connectivity index (χ3v) is 4.31. The second kappa shape index (κ2) is 11.6. The Bertz CT molecular complexity index is 914. The van der Waals surface area contributed by atoms with Gasteiger partial charge < -0.3 is 16.8 Å². The van der Waals surface area contributed by atoms with Gasteiger partial charge in [-0.15, -0.1) is 29.9 Å². The van der Waals surface area contributed by atoms with Crippen LogP contribution in [0.25, 0.3) is 16.9 Å². The van der Waals surface area contributed by atoms with Gasteiger partial charge in [-0.2, -0.15) is 0 Å². The zero-order valence-electron chi connectivity index (χ0n) is 16.2. The van der Waals surface area contributed by atoms with Crippen molar-refractivity contribution in [2.24, 2.45) is 11.5 Å². The lowest BCUT2D eigenvalue weighted by Crippen LogP contribution is -2.41. The fraction of sp³-hybridized carbons (Fsp3) is 0.238. The normalized spacial score (nSPS) is 11.1. The number of amides is 1. The van der Waals surface area contributed by atoms with Crippen LogP contribution in [0.15, 0.2) is 60.7 Å². The van der Waals surface area contributed by atoms with Crippen molar-refractivity contribution in [3.63, 3.8) is 0 Å². The number of carbonyl (C=O) groups is 1. The molecule has 8 heteroatoms. The molecule has 3 aromatic rings. The summed E-state index contributed by atoms with van der Waals surface area (Å²) in [4.78, 5) is 12.1. The third kappa shape index (κ3) is 6.05. The molecular weight excluding hydrogens is 409 g/mol. The number of nitrogens with one attached hydrogen (secondary N) is 1. The molecule has 156 valence electrons. The van der Waals surface area contributed by atoms with Crippen LogP contribution in [0.4, 0.5) is 5.82 Å². The molecule has 0 saturated carbocycles. The van der Waals surface area contributed by atoms with E-state index in [4.69, 9.17) is 11.5 Å². The summed E-state index contributed by atoms with van der Waals surface area (Å²) in [5.41, 5.74) is 15.3. The van der Waals surface area contributed by atoms with Crippen LogP contribution in [0.2, 0.25) is 0 Å². The number of benzene rings is 2. The van der Waals surface area contributed by atoms with Crippen LogP contribution in [0.3, 0.4) is 0 Å². The largest absolute Gasteiger partial charge is 0.328 e. The summed E-state index contributed by atoms with van der Waals surface area (Å²) >= 11 is 0. The highest BCUT2D eigenvalue weighted by molar-refractivity contribution is 5.94. The van der Waals surface area contributed by atoms with E-state index in [-0.39, 0.29) is 37.3 Å². The summed E-state index contributed by atoms with van der Waals surface area (Å²) in [6, 6.07) is 19.3. The molecule has 0 bridgehead atoms. The molecular formula is C21H27Cl2N5O. The van der Waals surface area contributed by atoms with E-state index in [1.165, 1.54) is 5.56 Å². The Morgan fingerprint density at radius 1 is 1.10 bits per heavy atom. The Morgan fingerprint density at radius 2 is 1.83 bits per heavy atom. The predicted molar refractivity (Wildman–Crippen MR) is 123 cm³/mol. The molecule has 6 nitrogen and oxygen atoms in total. The molecule has 0 aliphatic rings. The summed E-state index contributed by atoms with van der Waals surface area (Å²) in [7, 11) is 0. The molecule has 0 spiro atoms. The van der Waals surface area contributed by atoms with Crippen molar-refractivity contribution in [2.45, 2.75) is 25.8 Å². The number of nitrogens with zero attached hydrogens (tertiary/aromatic N) is 2. The van der Waals surface area contributed by atoms with E-state index >= 15 is 0 Å². The minimum absolute atomic E-state index is 0. The van der Waals surface area contributed by atoms with Crippen molar-refractivity contribution in [2.75, 3.05) is 11.9 Å². The van der Waals surface area contributed by atoms with Crippen LogP contribution in [0.5, 0.6) is 0 Å². The van der Waals surface area contributed by atoms with Crippen LogP contribution in [-0.2, 0) is 11.2 Å². The zero-order valence-corrected chi connectivity index (χ0v) is 17.9. The Labute approximate surface area is 183 Å². The van der Waals surface area contributed by atoms with Crippen molar-refractivity contribution >= 4 is 36.5 Å². The number of hydrogen-bond donors (Lipinski definition) is 3. The lowest BCUT2D eigenvalue weighted by molar-refractivity contribution is -0.117. The van der Waals surface area contributed by atoms with Crippen molar-refractivity contribution in [1.29, 1.82) is 0 Å². The molecule has 1 aromatic heterocycles. The smallest absolute Gasteiger partial charge is 0.243 e. The van der Waals surface area contributed by atoms with Gasteiger partial charge in [-0.05, 0) is 30.2 Å². The standard InChI is InChI=1S/C21H25N5O.2ClH/c1-2-7-15-8-6-9-16(12-15)19-13-20(24-21(27)18(23)14-22)25-26(19)17-10-4-3-5-11-17;;/h3-6,8-13,18H,2,7,14,22-23H2,1H3,(H,24,25,27);2*1H/t18-;;/m1../s1. The van der Waals surface area contributed by atoms with Crippen molar-refractivity contribution < 1.29 is 4.79 Å². The molecule has 1 heterocycles. The maximum Gasteiger partial charge on any atom is 0.243 e. The van der Waals surface area contributed by atoms with E-state index in [1.807, 2.05) is 53.2 Å². The van der Waals surface area contributed by atoms with Crippen molar-refractivity contribution in [1.82, 2.24) is 9.78 Å². The lowest BCUT2D eigenvalue weighted by Gasteiger charge is -2.09. The highest BCUT2D eigenvalue weighted by Crippen LogP contribution is 2.27. The minimum Gasteiger partial charge on any atom is -0.328 e. The number of halogens is 2. The molecule has 2 aromatic carbocycles. The number of para-hydroxylation sites is 1. The van der Waals surface area contributed by atoms with Crippen LogP contribution < -0.4 is 16.8 Å². The van der Waals surface area contributed by atoms with Crippen LogP contribution in [0, 0.1) is 0 Å². The Kier molecular flexibility index (Phi) is 9.85. The van der Waals surface area contributed by atoms with Gasteiger partial charge in [-0.25, -0.2) is 4.68 Å². The van der Waals surface area contributed by atoms with Gasteiger partial charge in [-0.1, -0.05) is 49.7 Å². The highest BCUT2D eigenvalue weighted by atomic mass is 35.5. The Morgan fingerprint density at radius 3 is 2.48 bits per heavy atom. The van der Waals surface area contributed by atoms with E-state index in [0.717, 1.165) is 29.8 Å². The summed E-state index contributed by atoms with van der Waals surface area (Å²) < 4.78 is 1.83. The first-order chi connectivity index (χ1) is 13.1. The summed E-state index contributed by atoms with van der Waals surface area (Å²) in [6.07, 6.45) is 2.10. The molecule has 3 rings (SSSR count). The number of anilines is 1. The molecule has 0 radical (unpaired) electrons. The summed E-state index contributed by atoms with van der Waals surface area (Å²) in [6.45, 7) is 2.24. The van der Waals surface area contributed by atoms with E-state index in [9.17, 15) is 4.79 Å². The van der Waals surface area contributed by atoms with Crippen LogP contribution >= 0.6 is 24.8 Å². The maximum absolute atomic E-state index is 12.1. The molecule has 1 amide bonds. The molecule has 0 aliphatic heterocycles. The molecule has 0 saturated heterocycles. The third-order valence-electron chi connectivity index (χ3n) is 4.31. The van der Waals surface area contributed by atoms with E-state index in [1.54, 1.807) is 0 Å². The fourth-order valence-electron chi connectivity index (χ4n) is 2.91. The molecule has 1 atom stereocenters. The minimum atomic E-state index is -0.761. The molecule has 0 aliphatic carbocycles. The van der Waals surface area contributed by atoms with Crippen LogP contribution in [-0.4, -0.2) is 28.3 Å². The van der Waals surface area contributed by atoms with Gasteiger partial charge in [0.05, 0.1) is 17.4 Å². The zero-order chi connectivity index (χ0) is 19.2. The van der Waals surface area contributed by atoms with Gasteiger partial charge in [-0.3, -0.25) is 4.79 Å². The van der Waals surface area contributed by atoms with Gasteiger partial charge in [0.2, 0.25) is 5.91 Å². The van der Waals surface area contributed by atoms with E-state index < -0.39 is 6.04 Å². The number of aromatic nitrogens is 2. The lowest BCUT2D eigenvalue weighted by atomic mass is 10.0. The van der Waals surface area contributed by atoms with Gasteiger partial charge in [0.15, 0.2) is 5.82 Å². The van der Waals surface area contributed by atoms with E-state index in [2.05, 4.69) is 29.5 Å². The molecule has 5 N–H and O–H groups in total. The Balaban J connectivity index is 0.00000210. The number of rotatable bonds is 7. The fourth-order valence-corrected chi connectivity index (χ4v) is 2.91. The summed E-state index contributed by atoms with van der Waals surface area (Å²) in [5.74, 6) is 0.102. The monoisotopic (exact) mass is 435 g/mol. The quantitative estimate of drug-likeness (QED) is 0.527. The second-order valence-electron chi connectivity index (χ2n) is 6.44. The molecule has 29 heavy (non-hydrogen) atoms. The molecule has 0 unspecified atom stereocenters. The SMILES string of the molecule is CCCc1cccc(-c2cc(NC(=O)[C@H](N)CN)nn2-c2ccccc2)c1.Cl.Cl. The van der Waals surface area contributed by atoms with Gasteiger partial charge >= 0.3 is 0 Å². The topological polar surface area (TPSA) is 99.0 Å². The number of hydrogen-bond acceptors (Lipinski definition) is 4. The van der Waals surface area contributed by atoms with Gasteiger partial charge in [0.25, 0.3) is 0 Å². The number of nitrogens with two attached hydrogens (primary N) is 2. The van der Waals surface area contributed by atoms with Crippen LogP contribution in [0.1, 0.15) is 18.9 Å². The highest BCUT2D eigenvalue weighted by Gasteiger charge is 2.16. The van der Waals surface area contributed by atoms with Gasteiger partial charge in [0, 0.05) is 18.2 Å². The first kappa shape index (κ1) is 24.7. The first-order valence-electron chi connectivity index (χ1n) is 9.13.